The Labute approximate surface area is 187 Å². The van der Waals surface area contributed by atoms with Crippen molar-refractivity contribution in [3.05, 3.63) is 0 Å². The molecule has 23 heavy (non-hydrogen) atoms. The molecule has 0 rings (SSSR count). The summed E-state index contributed by atoms with van der Waals surface area (Å²) in [6.07, 6.45) is 11.1. The molecule has 2 atom stereocenters. The molecule has 0 radical (unpaired) electrons. The Morgan fingerprint density at radius 1 is 0.565 bits per heavy atom. The van der Waals surface area contributed by atoms with Crippen molar-refractivity contribution in [1.82, 2.24) is 0 Å². The van der Waals surface area contributed by atoms with Crippen LogP contribution in [0.5, 0.6) is 0 Å². The van der Waals surface area contributed by atoms with E-state index in [9.17, 15) is 0 Å². The molecule has 0 saturated heterocycles. The van der Waals surface area contributed by atoms with E-state index in [4.69, 9.17) is 0 Å². The molecule has 0 amide bonds. The fourth-order valence-electron chi connectivity index (χ4n) is 2.27. The average Bonchev–Trinajstić information content (AvgIpc) is 2.37. The molecule has 0 heterocycles. The molecule has 0 aliphatic heterocycles. The molecule has 1 heteroatoms. The Hall–Kier alpha value is 1.48. The molecule has 0 bridgehead atoms. The molecule has 140 valence electrons. The van der Waals surface area contributed by atoms with Crippen LogP contribution in [0.1, 0.15) is 121 Å². The van der Waals surface area contributed by atoms with Crippen LogP contribution >= 0.6 is 0 Å². The van der Waals surface area contributed by atoms with Gasteiger partial charge in [0.05, 0.1) is 0 Å². The summed E-state index contributed by atoms with van der Waals surface area (Å²) in [6.45, 7) is 23.3. The van der Waals surface area contributed by atoms with E-state index in [1.54, 1.807) is 0 Å². The van der Waals surface area contributed by atoms with Crippen LogP contribution in [0.4, 0.5) is 0 Å². The number of unbranched alkanes of at least 4 members (excludes halogenated alkanes) is 4. The fraction of sp³-hybridized carbons (Fsp3) is 1.00. The normalized spacial score (nSPS) is 14.3. The molecule has 0 saturated carbocycles. The van der Waals surface area contributed by atoms with Crippen LogP contribution in [-0.4, -0.2) is 45.5 Å². The van der Waals surface area contributed by atoms with Gasteiger partial charge in [0.15, 0.2) is 0 Å². The van der Waals surface area contributed by atoms with Crippen molar-refractivity contribution in [2.75, 3.05) is 0 Å². The first kappa shape index (κ1) is 29.3. The Morgan fingerprint density at radius 3 is 1.00 bits per heavy atom. The molecule has 0 aliphatic rings. The van der Waals surface area contributed by atoms with Gasteiger partial charge in [0, 0.05) is 0 Å². The summed E-state index contributed by atoms with van der Waals surface area (Å²) in [4.78, 5) is 0. The van der Waals surface area contributed by atoms with Crippen LogP contribution in [0, 0.1) is 22.7 Å². The molecule has 0 spiro atoms. The van der Waals surface area contributed by atoms with Gasteiger partial charge < -0.3 is 0 Å². The molecule has 2 unspecified atom stereocenters. The van der Waals surface area contributed by atoms with Crippen LogP contribution < -0.4 is 0 Å². The Bertz CT molecular complexity index is 205. The van der Waals surface area contributed by atoms with E-state index in [1.807, 2.05) is 0 Å². The second-order valence-corrected chi connectivity index (χ2v) is 9.53. The van der Waals surface area contributed by atoms with E-state index in [-0.39, 0.29) is 45.5 Å². The quantitative estimate of drug-likeness (QED) is 0.290. The summed E-state index contributed by atoms with van der Waals surface area (Å²) in [7, 11) is 0. The van der Waals surface area contributed by atoms with Gasteiger partial charge in [-0.05, 0) is 22.7 Å². The third-order valence-electron chi connectivity index (χ3n) is 5.44. The second-order valence-electron chi connectivity index (χ2n) is 9.53. The van der Waals surface area contributed by atoms with Crippen molar-refractivity contribution in [2.24, 2.45) is 22.7 Å². The van der Waals surface area contributed by atoms with Gasteiger partial charge in [0.2, 0.25) is 0 Å². The number of hydrogen-bond donors (Lipinski definition) is 0. The molecular formula is C22H50Sr. The minimum atomic E-state index is 0. The third kappa shape index (κ3) is 19.7. The molecule has 0 nitrogen and oxygen atoms in total. The zero-order valence-corrected chi connectivity index (χ0v) is 17.8. The van der Waals surface area contributed by atoms with Gasteiger partial charge in [-0.2, -0.15) is 0 Å². The molecule has 0 aromatic carbocycles. The molecular weight excluding hydrogens is 352 g/mol. The number of hydrogen-bond acceptors (Lipinski definition) is 0. The predicted molar refractivity (Wildman–Crippen MR) is 114 cm³/mol. The van der Waals surface area contributed by atoms with Gasteiger partial charge in [-0.25, -0.2) is 0 Å². The summed E-state index contributed by atoms with van der Waals surface area (Å²) >= 11 is 0. The van der Waals surface area contributed by atoms with Crippen LogP contribution in [0.3, 0.4) is 0 Å². The topological polar surface area (TPSA) is 0 Å². The summed E-state index contributed by atoms with van der Waals surface area (Å²) < 4.78 is 0. The van der Waals surface area contributed by atoms with Crippen molar-refractivity contribution in [3.63, 3.8) is 0 Å². The summed E-state index contributed by atoms with van der Waals surface area (Å²) in [6, 6.07) is 0. The Balaban J connectivity index is -0.000000333. The van der Waals surface area contributed by atoms with Crippen molar-refractivity contribution < 1.29 is 0 Å². The molecule has 0 aliphatic carbocycles. The van der Waals surface area contributed by atoms with Crippen LogP contribution in [-0.2, 0) is 0 Å². The Morgan fingerprint density at radius 2 is 0.826 bits per heavy atom. The van der Waals surface area contributed by atoms with Gasteiger partial charge in [0.25, 0.3) is 0 Å². The second kappa shape index (κ2) is 15.7. The van der Waals surface area contributed by atoms with Crippen molar-refractivity contribution in [1.29, 1.82) is 0 Å². The van der Waals surface area contributed by atoms with Crippen LogP contribution in [0.25, 0.3) is 0 Å². The zero-order valence-electron chi connectivity index (χ0n) is 17.8. The van der Waals surface area contributed by atoms with Gasteiger partial charge >= 0.3 is 45.5 Å². The monoisotopic (exact) mass is 402 g/mol. The SMILES string of the molecule is CCCCCC(C)C(C)(C)C.CCCCCC(C)C(C)(C)C.[SrH2]. The average molecular weight is 402 g/mol. The van der Waals surface area contributed by atoms with E-state index in [1.165, 1.54) is 51.4 Å². The molecule has 0 aromatic heterocycles. The van der Waals surface area contributed by atoms with E-state index in [0.717, 1.165) is 11.8 Å². The summed E-state index contributed by atoms with van der Waals surface area (Å²) in [5, 5.41) is 0. The van der Waals surface area contributed by atoms with Crippen LogP contribution in [0.15, 0.2) is 0 Å². The van der Waals surface area contributed by atoms with Gasteiger partial charge in [0.1, 0.15) is 0 Å². The maximum atomic E-state index is 2.37. The van der Waals surface area contributed by atoms with Crippen LogP contribution in [0.2, 0.25) is 0 Å². The summed E-state index contributed by atoms with van der Waals surface area (Å²) in [5.74, 6) is 1.74. The Kier molecular flexibility index (Phi) is 20.0. The predicted octanol–water partition coefficient (Wildman–Crippen LogP) is 7.58. The molecule has 0 fully saturated rings. The summed E-state index contributed by atoms with van der Waals surface area (Å²) in [5.41, 5.74) is 1.02. The van der Waals surface area contributed by atoms with E-state index in [2.05, 4.69) is 69.2 Å². The van der Waals surface area contributed by atoms with E-state index in [0.29, 0.717) is 10.8 Å². The molecule has 0 N–H and O–H groups in total. The van der Waals surface area contributed by atoms with E-state index >= 15 is 0 Å². The van der Waals surface area contributed by atoms with Crippen molar-refractivity contribution >= 4 is 45.5 Å². The fourth-order valence-corrected chi connectivity index (χ4v) is 2.27. The van der Waals surface area contributed by atoms with Crippen molar-refractivity contribution in [2.45, 2.75) is 121 Å². The molecule has 0 aromatic rings. The van der Waals surface area contributed by atoms with E-state index < -0.39 is 0 Å². The zero-order chi connectivity index (χ0) is 17.8. The van der Waals surface area contributed by atoms with Gasteiger partial charge in [-0.1, -0.05) is 121 Å². The number of rotatable bonds is 8. The first-order valence-corrected chi connectivity index (χ1v) is 9.96. The first-order chi connectivity index (χ1) is 9.96. The maximum absolute atomic E-state index is 2.37. The minimum absolute atomic E-state index is 0. The third-order valence-corrected chi connectivity index (χ3v) is 5.44. The van der Waals surface area contributed by atoms with Crippen molar-refractivity contribution in [3.8, 4) is 0 Å². The van der Waals surface area contributed by atoms with Gasteiger partial charge in [-0.3, -0.25) is 0 Å². The first-order valence-electron chi connectivity index (χ1n) is 9.96. The van der Waals surface area contributed by atoms with Gasteiger partial charge in [-0.15, -0.1) is 0 Å². The standard InChI is InChI=1S/2C11H24.Sr.2H/c2*1-6-7-8-9-10(2)11(3,4)5;;;/h2*10H,6-9H2,1-5H3;;;.